The van der Waals surface area contributed by atoms with E-state index in [0.717, 1.165) is 41.5 Å². The van der Waals surface area contributed by atoms with Crippen LogP contribution in [0, 0.1) is 6.92 Å². The average Bonchev–Trinajstić information content (AvgIpc) is 3.00. The predicted octanol–water partition coefficient (Wildman–Crippen LogP) is 4.02. The molecule has 3 heterocycles. The second kappa shape index (κ2) is 7.80. The molecule has 1 aliphatic rings. The van der Waals surface area contributed by atoms with Gasteiger partial charge in [0, 0.05) is 54.7 Å². The van der Waals surface area contributed by atoms with Crippen LogP contribution in [0.2, 0.25) is 5.02 Å². The number of morpholine rings is 1. The molecule has 1 fully saturated rings. The maximum absolute atomic E-state index is 6.09. The Morgan fingerprint density at radius 1 is 1.19 bits per heavy atom. The first-order valence-electron chi connectivity index (χ1n) is 9.13. The Labute approximate surface area is 164 Å². The van der Waals surface area contributed by atoms with Crippen molar-refractivity contribution >= 4 is 11.6 Å². The molecule has 0 aliphatic carbocycles. The summed E-state index contributed by atoms with van der Waals surface area (Å²) in [5, 5.41) is 5.07. The highest BCUT2D eigenvalue weighted by Gasteiger charge is 2.24. The SMILES string of the molecule is Cc1c(CN2CCOC(c3ccc(-c4cccc(Cl)c4)cn3)C2)cnn1C. The highest BCUT2D eigenvalue weighted by Crippen LogP contribution is 2.26. The average molecular weight is 383 g/mol. The predicted molar refractivity (Wildman–Crippen MR) is 107 cm³/mol. The van der Waals surface area contributed by atoms with Crippen LogP contribution in [-0.4, -0.2) is 39.4 Å². The lowest BCUT2D eigenvalue weighted by Gasteiger charge is -2.32. The van der Waals surface area contributed by atoms with Gasteiger partial charge in [-0.1, -0.05) is 29.8 Å². The quantitative estimate of drug-likeness (QED) is 0.683. The summed E-state index contributed by atoms with van der Waals surface area (Å²) in [6.07, 6.45) is 3.84. The highest BCUT2D eigenvalue weighted by molar-refractivity contribution is 6.30. The Balaban J connectivity index is 1.46. The van der Waals surface area contributed by atoms with Crippen LogP contribution in [0.4, 0.5) is 0 Å². The van der Waals surface area contributed by atoms with E-state index in [1.807, 2.05) is 48.4 Å². The van der Waals surface area contributed by atoms with E-state index in [-0.39, 0.29) is 6.10 Å². The Kier molecular flexibility index (Phi) is 5.25. The molecule has 27 heavy (non-hydrogen) atoms. The van der Waals surface area contributed by atoms with E-state index in [1.165, 1.54) is 11.3 Å². The van der Waals surface area contributed by atoms with Gasteiger partial charge in [0.05, 0.1) is 18.5 Å². The smallest absolute Gasteiger partial charge is 0.112 e. The van der Waals surface area contributed by atoms with E-state index in [0.29, 0.717) is 6.61 Å². The Bertz CT molecular complexity index is 922. The van der Waals surface area contributed by atoms with Gasteiger partial charge in [-0.2, -0.15) is 5.10 Å². The summed E-state index contributed by atoms with van der Waals surface area (Å²) in [5.41, 5.74) is 5.57. The lowest BCUT2D eigenvalue weighted by molar-refractivity contribution is -0.0350. The van der Waals surface area contributed by atoms with Crippen molar-refractivity contribution in [3.8, 4) is 11.1 Å². The number of halogens is 1. The fourth-order valence-corrected chi connectivity index (χ4v) is 3.59. The Morgan fingerprint density at radius 3 is 2.78 bits per heavy atom. The highest BCUT2D eigenvalue weighted by atomic mass is 35.5. The molecule has 1 aliphatic heterocycles. The van der Waals surface area contributed by atoms with Crippen LogP contribution >= 0.6 is 11.6 Å². The molecule has 1 aromatic carbocycles. The van der Waals surface area contributed by atoms with Crippen molar-refractivity contribution in [2.24, 2.45) is 7.05 Å². The molecular formula is C21H23ClN4O. The van der Waals surface area contributed by atoms with Crippen molar-refractivity contribution in [1.29, 1.82) is 0 Å². The summed E-state index contributed by atoms with van der Waals surface area (Å²) in [5.74, 6) is 0. The number of ether oxygens (including phenoxy) is 1. The molecule has 0 N–H and O–H groups in total. The number of hydrogen-bond acceptors (Lipinski definition) is 4. The zero-order chi connectivity index (χ0) is 18.8. The molecule has 1 unspecified atom stereocenters. The molecule has 0 radical (unpaired) electrons. The standard InChI is InChI=1S/C21H23ClN4O/c1-15-18(12-24-25(15)2)13-26-8-9-27-21(14-26)20-7-6-17(11-23-20)16-4-3-5-19(22)10-16/h3-7,10-12,21H,8-9,13-14H2,1-2H3. The molecule has 0 bridgehead atoms. The lowest BCUT2D eigenvalue weighted by atomic mass is 10.1. The van der Waals surface area contributed by atoms with Gasteiger partial charge >= 0.3 is 0 Å². The number of benzene rings is 1. The van der Waals surface area contributed by atoms with Crippen LogP contribution in [0.25, 0.3) is 11.1 Å². The molecule has 0 amide bonds. The lowest BCUT2D eigenvalue weighted by Crippen LogP contribution is -2.38. The normalized spacial score (nSPS) is 18.0. The first-order valence-corrected chi connectivity index (χ1v) is 9.51. The minimum absolute atomic E-state index is 0.0101. The third kappa shape index (κ3) is 4.05. The first-order chi connectivity index (χ1) is 13.1. The zero-order valence-electron chi connectivity index (χ0n) is 15.6. The van der Waals surface area contributed by atoms with Crippen molar-refractivity contribution in [3.63, 3.8) is 0 Å². The molecule has 140 valence electrons. The molecule has 0 saturated carbocycles. The van der Waals surface area contributed by atoms with Crippen LogP contribution in [0.3, 0.4) is 0 Å². The van der Waals surface area contributed by atoms with Gasteiger partial charge in [0.25, 0.3) is 0 Å². The Morgan fingerprint density at radius 2 is 2.07 bits per heavy atom. The van der Waals surface area contributed by atoms with Crippen LogP contribution in [-0.2, 0) is 18.3 Å². The van der Waals surface area contributed by atoms with Crippen molar-refractivity contribution in [3.05, 3.63) is 70.8 Å². The summed E-state index contributed by atoms with van der Waals surface area (Å²) >= 11 is 6.09. The van der Waals surface area contributed by atoms with Gasteiger partial charge in [-0.3, -0.25) is 14.6 Å². The number of pyridine rings is 1. The fraction of sp³-hybridized carbons (Fsp3) is 0.333. The summed E-state index contributed by atoms with van der Waals surface area (Å²) in [7, 11) is 1.98. The maximum Gasteiger partial charge on any atom is 0.112 e. The summed E-state index contributed by atoms with van der Waals surface area (Å²) in [6.45, 7) is 5.46. The van der Waals surface area contributed by atoms with E-state index in [2.05, 4.69) is 34.0 Å². The van der Waals surface area contributed by atoms with Crippen molar-refractivity contribution in [1.82, 2.24) is 19.7 Å². The molecule has 1 atom stereocenters. The zero-order valence-corrected chi connectivity index (χ0v) is 16.4. The largest absolute Gasteiger partial charge is 0.369 e. The van der Waals surface area contributed by atoms with Gasteiger partial charge < -0.3 is 4.74 Å². The fourth-order valence-electron chi connectivity index (χ4n) is 3.40. The number of hydrogen-bond donors (Lipinski definition) is 0. The van der Waals surface area contributed by atoms with Gasteiger partial charge in [-0.05, 0) is 30.7 Å². The second-order valence-electron chi connectivity index (χ2n) is 6.96. The number of nitrogens with zero attached hydrogens (tertiary/aromatic N) is 4. The van der Waals surface area contributed by atoms with E-state index in [1.54, 1.807) is 0 Å². The van der Waals surface area contributed by atoms with E-state index in [4.69, 9.17) is 16.3 Å². The molecule has 5 nitrogen and oxygen atoms in total. The van der Waals surface area contributed by atoms with Crippen LogP contribution in [0.1, 0.15) is 23.1 Å². The molecule has 0 spiro atoms. The van der Waals surface area contributed by atoms with Crippen LogP contribution in [0.15, 0.2) is 48.8 Å². The maximum atomic E-state index is 6.09. The second-order valence-corrected chi connectivity index (χ2v) is 7.39. The van der Waals surface area contributed by atoms with Crippen molar-refractivity contribution in [2.45, 2.75) is 19.6 Å². The van der Waals surface area contributed by atoms with Crippen molar-refractivity contribution < 1.29 is 4.74 Å². The van der Waals surface area contributed by atoms with Gasteiger partial charge in [0.15, 0.2) is 0 Å². The van der Waals surface area contributed by atoms with E-state index < -0.39 is 0 Å². The van der Waals surface area contributed by atoms with Gasteiger partial charge in [0.1, 0.15) is 6.10 Å². The first kappa shape index (κ1) is 18.2. The molecule has 1 saturated heterocycles. The summed E-state index contributed by atoms with van der Waals surface area (Å²) in [4.78, 5) is 7.07. The van der Waals surface area contributed by atoms with E-state index in [9.17, 15) is 0 Å². The topological polar surface area (TPSA) is 43.2 Å². The van der Waals surface area contributed by atoms with E-state index >= 15 is 0 Å². The molecular weight excluding hydrogens is 360 g/mol. The van der Waals surface area contributed by atoms with Crippen LogP contribution in [0.5, 0.6) is 0 Å². The van der Waals surface area contributed by atoms with Gasteiger partial charge in [-0.25, -0.2) is 0 Å². The number of aryl methyl sites for hydroxylation is 1. The number of aromatic nitrogens is 3. The number of rotatable bonds is 4. The molecule has 3 aromatic rings. The van der Waals surface area contributed by atoms with Crippen LogP contribution < -0.4 is 0 Å². The monoisotopic (exact) mass is 382 g/mol. The summed E-state index contributed by atoms with van der Waals surface area (Å²) in [6, 6.07) is 12.0. The molecule has 4 rings (SSSR count). The third-order valence-corrected chi connectivity index (χ3v) is 5.39. The summed E-state index contributed by atoms with van der Waals surface area (Å²) < 4.78 is 7.91. The van der Waals surface area contributed by atoms with Crippen molar-refractivity contribution in [2.75, 3.05) is 19.7 Å². The molecule has 6 heteroatoms. The van der Waals surface area contributed by atoms with Gasteiger partial charge in [-0.15, -0.1) is 0 Å². The minimum Gasteiger partial charge on any atom is -0.369 e. The Hall–Kier alpha value is -2.21. The van der Waals surface area contributed by atoms with Gasteiger partial charge in [0.2, 0.25) is 0 Å². The third-order valence-electron chi connectivity index (χ3n) is 5.16. The molecule has 2 aromatic heterocycles. The minimum atomic E-state index is -0.0101.